The lowest BCUT2D eigenvalue weighted by Gasteiger charge is -2.34. The van der Waals surface area contributed by atoms with Crippen LogP contribution in [0.15, 0.2) is 42.5 Å². The maximum atomic E-state index is 14.2. The van der Waals surface area contributed by atoms with Crippen molar-refractivity contribution in [2.24, 2.45) is 0 Å². The van der Waals surface area contributed by atoms with Crippen molar-refractivity contribution in [3.05, 3.63) is 59.2 Å². The fourth-order valence-electron chi connectivity index (χ4n) is 4.41. The summed E-state index contributed by atoms with van der Waals surface area (Å²) in [5.41, 5.74) is -2.81. The molecule has 1 aliphatic heterocycles. The summed E-state index contributed by atoms with van der Waals surface area (Å²) in [7, 11) is 3.71. The molecular formula is C26H29F3O7. The van der Waals surface area contributed by atoms with Crippen molar-refractivity contribution in [2.45, 2.75) is 56.6 Å². The van der Waals surface area contributed by atoms with Gasteiger partial charge in [-0.25, -0.2) is 9.59 Å². The van der Waals surface area contributed by atoms with Crippen LogP contribution in [-0.4, -0.2) is 51.7 Å². The van der Waals surface area contributed by atoms with Crippen LogP contribution in [0.4, 0.5) is 13.2 Å². The molecule has 2 aromatic carbocycles. The number of hydrogen-bond donors (Lipinski definition) is 0. The first-order valence-corrected chi connectivity index (χ1v) is 11.5. The molecule has 0 fully saturated rings. The van der Waals surface area contributed by atoms with E-state index in [4.69, 9.17) is 23.7 Å². The van der Waals surface area contributed by atoms with Gasteiger partial charge in [-0.3, -0.25) is 0 Å². The molecule has 0 amide bonds. The minimum Gasteiger partial charge on any atom is -0.497 e. The Bertz CT molecular complexity index is 1070. The highest BCUT2D eigenvalue weighted by Crippen LogP contribution is 2.43. The largest absolute Gasteiger partial charge is 0.497 e. The third kappa shape index (κ3) is 5.28. The number of carbonyl (C=O) groups excluding carboxylic acids is 2. The van der Waals surface area contributed by atoms with Gasteiger partial charge in [-0.2, -0.15) is 13.2 Å². The summed E-state index contributed by atoms with van der Waals surface area (Å²) in [6, 6.07) is 9.86. The third-order valence-corrected chi connectivity index (χ3v) is 6.12. The van der Waals surface area contributed by atoms with Gasteiger partial charge < -0.3 is 23.7 Å². The average molecular weight is 511 g/mol. The van der Waals surface area contributed by atoms with Gasteiger partial charge >= 0.3 is 18.1 Å². The molecule has 3 rings (SSSR count). The van der Waals surface area contributed by atoms with E-state index in [0.29, 0.717) is 23.5 Å². The zero-order chi connectivity index (χ0) is 26.5. The second kappa shape index (κ2) is 11.2. The highest BCUT2D eigenvalue weighted by Gasteiger charge is 2.64. The Morgan fingerprint density at radius 3 is 2.36 bits per heavy atom. The van der Waals surface area contributed by atoms with Crippen LogP contribution in [-0.2, 0) is 31.0 Å². The standard InChI is InChI=1S/C26H29F3O7/c1-5-9-18(36-24(31)25(34-4,26(27,28)29)17-10-7-6-8-11-17)14-20-13-16-12-19(32-2)15-21(33-3)22(16)23(30)35-20/h6-8,10-12,15,18,20H,5,9,13-14H2,1-4H3/t18-,20-,25+/m0/s1. The summed E-state index contributed by atoms with van der Waals surface area (Å²) in [6.45, 7) is 1.81. The predicted octanol–water partition coefficient (Wildman–Crippen LogP) is 4.99. The molecule has 10 heteroatoms. The Morgan fingerprint density at radius 1 is 1.11 bits per heavy atom. The van der Waals surface area contributed by atoms with Gasteiger partial charge in [-0.05, 0) is 18.1 Å². The van der Waals surface area contributed by atoms with Crippen molar-refractivity contribution in [3.8, 4) is 11.5 Å². The molecule has 2 aromatic rings. The van der Waals surface area contributed by atoms with Crippen molar-refractivity contribution >= 4 is 11.9 Å². The molecule has 0 aliphatic carbocycles. The summed E-state index contributed by atoms with van der Waals surface area (Å²) in [5, 5.41) is 0. The molecule has 0 spiro atoms. The number of halogens is 3. The smallest absolute Gasteiger partial charge is 0.432 e. The van der Waals surface area contributed by atoms with Crippen LogP contribution >= 0.6 is 0 Å². The average Bonchev–Trinajstić information content (AvgIpc) is 2.83. The molecule has 0 saturated heterocycles. The Labute approximate surface area is 207 Å². The van der Waals surface area contributed by atoms with Gasteiger partial charge in [0.05, 0.1) is 14.2 Å². The minimum atomic E-state index is -5.08. The van der Waals surface area contributed by atoms with Crippen molar-refractivity contribution < 1.29 is 46.4 Å². The van der Waals surface area contributed by atoms with Gasteiger partial charge in [-0.1, -0.05) is 43.7 Å². The summed E-state index contributed by atoms with van der Waals surface area (Å²) in [5.74, 6) is -1.43. The number of fused-ring (bicyclic) bond motifs is 1. The number of alkyl halides is 3. The van der Waals surface area contributed by atoms with Gasteiger partial charge in [-0.15, -0.1) is 0 Å². The van der Waals surface area contributed by atoms with Crippen LogP contribution in [0.25, 0.3) is 0 Å². The van der Waals surface area contributed by atoms with Crippen LogP contribution in [0.3, 0.4) is 0 Å². The first kappa shape index (κ1) is 27.3. The number of cyclic esters (lactones) is 1. The van der Waals surface area contributed by atoms with Gasteiger partial charge in [0.15, 0.2) is 0 Å². The maximum absolute atomic E-state index is 14.2. The zero-order valence-electron chi connectivity index (χ0n) is 20.5. The molecule has 0 aromatic heterocycles. The van der Waals surface area contributed by atoms with Crippen molar-refractivity contribution in [2.75, 3.05) is 21.3 Å². The van der Waals surface area contributed by atoms with Crippen LogP contribution in [0, 0.1) is 0 Å². The predicted molar refractivity (Wildman–Crippen MR) is 123 cm³/mol. The van der Waals surface area contributed by atoms with E-state index in [1.165, 1.54) is 32.4 Å². The number of ether oxygens (including phenoxy) is 5. The molecule has 0 radical (unpaired) electrons. The van der Waals surface area contributed by atoms with E-state index in [9.17, 15) is 22.8 Å². The number of hydrogen-bond acceptors (Lipinski definition) is 7. The molecule has 0 N–H and O–H groups in total. The topological polar surface area (TPSA) is 80.3 Å². The summed E-state index contributed by atoms with van der Waals surface area (Å²) < 4.78 is 69.1. The highest BCUT2D eigenvalue weighted by molar-refractivity contribution is 5.95. The normalized spacial score (nSPS) is 17.9. The second-order valence-corrected chi connectivity index (χ2v) is 8.40. The number of methoxy groups -OCH3 is 3. The fraction of sp³-hybridized carbons (Fsp3) is 0.462. The number of benzene rings is 2. The summed E-state index contributed by atoms with van der Waals surface area (Å²) in [6.07, 6.45) is -5.72. The quantitative estimate of drug-likeness (QED) is 0.417. The molecule has 0 bridgehead atoms. The summed E-state index contributed by atoms with van der Waals surface area (Å²) in [4.78, 5) is 25.8. The molecule has 3 atom stereocenters. The lowest BCUT2D eigenvalue weighted by atomic mass is 9.92. The van der Waals surface area contributed by atoms with E-state index in [1.54, 1.807) is 12.1 Å². The monoisotopic (exact) mass is 510 g/mol. The van der Waals surface area contributed by atoms with Crippen LogP contribution in [0.5, 0.6) is 11.5 Å². The highest BCUT2D eigenvalue weighted by atomic mass is 19.4. The van der Waals surface area contributed by atoms with Gasteiger partial charge in [0.25, 0.3) is 5.60 Å². The molecule has 1 aliphatic rings. The molecule has 0 unspecified atom stereocenters. The molecule has 1 heterocycles. The van der Waals surface area contributed by atoms with E-state index >= 15 is 0 Å². The minimum absolute atomic E-state index is 0.0106. The first-order chi connectivity index (χ1) is 17.1. The van der Waals surface area contributed by atoms with Crippen molar-refractivity contribution in [1.29, 1.82) is 0 Å². The molecule has 196 valence electrons. The number of esters is 2. The lowest BCUT2D eigenvalue weighted by Crippen LogP contribution is -2.52. The zero-order valence-corrected chi connectivity index (χ0v) is 20.5. The third-order valence-electron chi connectivity index (χ3n) is 6.12. The van der Waals surface area contributed by atoms with E-state index in [2.05, 4.69) is 0 Å². The Kier molecular flexibility index (Phi) is 8.50. The molecular weight excluding hydrogens is 481 g/mol. The lowest BCUT2D eigenvalue weighted by molar-refractivity contribution is -0.278. The number of rotatable bonds is 10. The van der Waals surface area contributed by atoms with E-state index < -0.39 is 41.5 Å². The molecule has 0 saturated carbocycles. The van der Waals surface area contributed by atoms with Crippen molar-refractivity contribution in [3.63, 3.8) is 0 Å². The first-order valence-electron chi connectivity index (χ1n) is 11.5. The van der Waals surface area contributed by atoms with Crippen LogP contribution < -0.4 is 9.47 Å². The molecule has 7 nitrogen and oxygen atoms in total. The SMILES string of the molecule is CCC[C@@H](C[C@@H]1Cc2cc(OC)cc(OC)c2C(=O)O1)OC(=O)[C@](OC)(c1ccccc1)C(F)(F)F. The van der Waals surface area contributed by atoms with Gasteiger partial charge in [0, 0.05) is 31.6 Å². The van der Waals surface area contributed by atoms with Gasteiger partial charge in [0.1, 0.15) is 29.3 Å². The van der Waals surface area contributed by atoms with E-state index in [-0.39, 0.29) is 24.8 Å². The fourth-order valence-corrected chi connectivity index (χ4v) is 4.41. The van der Waals surface area contributed by atoms with Gasteiger partial charge in [0.2, 0.25) is 0 Å². The Morgan fingerprint density at radius 2 is 1.81 bits per heavy atom. The van der Waals surface area contributed by atoms with Crippen molar-refractivity contribution in [1.82, 2.24) is 0 Å². The Hall–Kier alpha value is -3.27. The van der Waals surface area contributed by atoms with E-state index in [0.717, 1.165) is 19.2 Å². The summed E-state index contributed by atoms with van der Waals surface area (Å²) >= 11 is 0. The van der Waals surface area contributed by atoms with Crippen LogP contribution in [0.1, 0.15) is 47.7 Å². The van der Waals surface area contributed by atoms with E-state index in [1.807, 2.05) is 6.92 Å². The maximum Gasteiger partial charge on any atom is 0.432 e. The molecule has 36 heavy (non-hydrogen) atoms. The van der Waals surface area contributed by atoms with Crippen LogP contribution in [0.2, 0.25) is 0 Å². The number of carbonyl (C=O) groups is 2. The Balaban J connectivity index is 1.87. The second-order valence-electron chi connectivity index (χ2n) is 8.40.